The highest BCUT2D eigenvalue weighted by Crippen LogP contribution is 2.36. The summed E-state index contributed by atoms with van der Waals surface area (Å²) in [5.41, 5.74) is 3.06. The molecule has 3 aromatic carbocycles. The Morgan fingerprint density at radius 3 is 2.45 bits per heavy atom. The maximum absolute atomic E-state index is 12.9. The van der Waals surface area contributed by atoms with Crippen molar-refractivity contribution in [3.63, 3.8) is 0 Å². The van der Waals surface area contributed by atoms with Crippen LogP contribution in [0.5, 0.6) is 11.5 Å². The average molecular weight is 621 g/mol. The van der Waals surface area contributed by atoms with Gasteiger partial charge in [0, 0.05) is 11.4 Å². The number of alkyl halides is 3. The molecule has 3 rings (SSSR count). The highest BCUT2D eigenvalue weighted by molar-refractivity contribution is 9.10. The van der Waals surface area contributed by atoms with Gasteiger partial charge in [-0.2, -0.15) is 18.3 Å². The van der Waals surface area contributed by atoms with Crippen LogP contribution in [0.15, 0.2) is 70.2 Å². The Hall–Kier alpha value is -4.39. The predicted molar refractivity (Wildman–Crippen MR) is 146 cm³/mol. The summed E-state index contributed by atoms with van der Waals surface area (Å²) in [6.45, 7) is 1.40. The largest absolute Gasteiger partial charge is 0.493 e. The van der Waals surface area contributed by atoms with E-state index in [-0.39, 0.29) is 17.2 Å². The Morgan fingerprint density at radius 2 is 1.75 bits per heavy atom. The van der Waals surface area contributed by atoms with Crippen molar-refractivity contribution in [3.05, 3.63) is 81.8 Å². The van der Waals surface area contributed by atoms with Gasteiger partial charge in [-0.3, -0.25) is 14.4 Å². The van der Waals surface area contributed by atoms with Crippen LogP contribution in [0.3, 0.4) is 0 Å². The molecule has 0 radical (unpaired) electrons. The van der Waals surface area contributed by atoms with Crippen molar-refractivity contribution in [1.29, 1.82) is 0 Å². The first-order valence-electron chi connectivity index (χ1n) is 11.7. The average Bonchev–Trinajstić information content (AvgIpc) is 2.92. The first kappa shape index (κ1) is 30.2. The summed E-state index contributed by atoms with van der Waals surface area (Å²) in [5, 5.41) is 8.68. The zero-order valence-electron chi connectivity index (χ0n) is 21.3. The standard InChI is InChI=1S/C27H24BrF3N4O5/c1-3-17-7-4-5-10-21(17)34-25(37)26(38)35-32-14-16-11-20(28)24(22(12-16)39-2)40-15-23(36)33-19-9-6-8-18(13-19)27(29,30)31/h4-14H,3,15H2,1-2H3,(H,33,36)(H,34,37)(H,35,38)/b32-14-. The SMILES string of the molecule is CCc1ccccc1NC(=O)C(=O)N/N=C\c1cc(Br)c(OCC(=O)Nc2cccc(C(F)(F)F)c2)c(OC)c1. The van der Waals surface area contributed by atoms with E-state index in [9.17, 15) is 27.6 Å². The topological polar surface area (TPSA) is 118 Å². The van der Waals surface area contributed by atoms with Gasteiger partial charge in [0.2, 0.25) is 0 Å². The third-order valence-electron chi connectivity index (χ3n) is 5.31. The van der Waals surface area contributed by atoms with Crippen molar-refractivity contribution in [2.75, 3.05) is 24.4 Å². The Kier molecular flexibility index (Phi) is 10.3. The quantitative estimate of drug-likeness (QED) is 0.174. The number of carbonyl (C=O) groups is 3. The van der Waals surface area contributed by atoms with Gasteiger partial charge in [-0.1, -0.05) is 31.2 Å². The van der Waals surface area contributed by atoms with Crippen LogP contribution in [0.1, 0.15) is 23.6 Å². The van der Waals surface area contributed by atoms with Gasteiger partial charge in [0.25, 0.3) is 5.91 Å². The van der Waals surface area contributed by atoms with Crippen LogP contribution in [0.2, 0.25) is 0 Å². The monoisotopic (exact) mass is 620 g/mol. The summed E-state index contributed by atoms with van der Waals surface area (Å²) in [6, 6.07) is 14.4. The smallest absolute Gasteiger partial charge is 0.416 e. The molecule has 0 aromatic heterocycles. The van der Waals surface area contributed by atoms with E-state index >= 15 is 0 Å². The van der Waals surface area contributed by atoms with Crippen LogP contribution >= 0.6 is 15.9 Å². The highest BCUT2D eigenvalue weighted by atomic mass is 79.9. The third kappa shape index (κ3) is 8.30. The van der Waals surface area contributed by atoms with Gasteiger partial charge in [0.1, 0.15) is 0 Å². The maximum atomic E-state index is 12.9. The molecule has 0 bridgehead atoms. The molecule has 0 saturated carbocycles. The lowest BCUT2D eigenvalue weighted by molar-refractivity contribution is -0.137. The molecule has 13 heteroatoms. The number of nitrogens with one attached hydrogen (secondary N) is 3. The number of aryl methyl sites for hydroxylation is 1. The molecule has 3 amide bonds. The molecule has 40 heavy (non-hydrogen) atoms. The maximum Gasteiger partial charge on any atom is 0.416 e. The van der Waals surface area contributed by atoms with Gasteiger partial charge in [0.05, 0.1) is 23.4 Å². The molecule has 0 heterocycles. The number of para-hydroxylation sites is 1. The first-order valence-corrected chi connectivity index (χ1v) is 12.5. The van der Waals surface area contributed by atoms with Crippen molar-refractivity contribution in [2.45, 2.75) is 19.5 Å². The molecule has 0 fully saturated rings. The lowest BCUT2D eigenvalue weighted by Crippen LogP contribution is -2.32. The fourth-order valence-electron chi connectivity index (χ4n) is 3.41. The van der Waals surface area contributed by atoms with Gasteiger partial charge < -0.3 is 20.1 Å². The summed E-state index contributed by atoms with van der Waals surface area (Å²) in [5.74, 6) is -2.20. The zero-order valence-corrected chi connectivity index (χ0v) is 22.9. The summed E-state index contributed by atoms with van der Waals surface area (Å²) in [4.78, 5) is 36.6. The van der Waals surface area contributed by atoms with E-state index in [4.69, 9.17) is 9.47 Å². The Labute approximate surface area is 235 Å². The number of methoxy groups -OCH3 is 1. The minimum absolute atomic E-state index is 0.0358. The molecule has 0 atom stereocenters. The number of halogens is 4. The molecule has 0 aliphatic heterocycles. The van der Waals surface area contributed by atoms with E-state index in [1.54, 1.807) is 18.2 Å². The molecule has 0 aliphatic carbocycles. The number of anilines is 2. The van der Waals surface area contributed by atoms with Crippen LogP contribution in [-0.4, -0.2) is 37.7 Å². The van der Waals surface area contributed by atoms with Crippen molar-refractivity contribution in [1.82, 2.24) is 5.43 Å². The van der Waals surface area contributed by atoms with Crippen molar-refractivity contribution < 1.29 is 37.0 Å². The number of hydrogen-bond acceptors (Lipinski definition) is 6. The lowest BCUT2D eigenvalue weighted by Gasteiger charge is -2.14. The Balaban J connectivity index is 1.59. The van der Waals surface area contributed by atoms with Crippen molar-refractivity contribution in [2.24, 2.45) is 5.10 Å². The number of ether oxygens (including phenoxy) is 2. The summed E-state index contributed by atoms with van der Waals surface area (Å²) >= 11 is 3.31. The molecular weight excluding hydrogens is 597 g/mol. The number of amides is 3. The van der Waals surface area contributed by atoms with Crippen LogP contribution in [0.25, 0.3) is 0 Å². The molecular formula is C27H24BrF3N4O5. The van der Waals surface area contributed by atoms with E-state index in [0.29, 0.717) is 22.1 Å². The Morgan fingerprint density at radius 1 is 1.00 bits per heavy atom. The number of carbonyl (C=O) groups excluding carboxylic acids is 3. The van der Waals surface area contributed by atoms with Crippen LogP contribution < -0.4 is 25.5 Å². The zero-order chi connectivity index (χ0) is 29.3. The van der Waals surface area contributed by atoms with Gasteiger partial charge >= 0.3 is 18.0 Å². The normalized spacial score (nSPS) is 11.2. The summed E-state index contributed by atoms with van der Waals surface area (Å²) in [6.07, 6.45) is -2.60. The van der Waals surface area contributed by atoms with Gasteiger partial charge in [0.15, 0.2) is 18.1 Å². The molecule has 3 aromatic rings. The highest BCUT2D eigenvalue weighted by Gasteiger charge is 2.30. The molecule has 3 N–H and O–H groups in total. The minimum Gasteiger partial charge on any atom is -0.493 e. The molecule has 9 nitrogen and oxygen atoms in total. The van der Waals surface area contributed by atoms with Crippen LogP contribution in [-0.2, 0) is 27.0 Å². The fraction of sp³-hybridized carbons (Fsp3) is 0.185. The number of benzene rings is 3. The minimum atomic E-state index is -4.55. The second kappa shape index (κ2) is 13.6. The number of hydrogen-bond donors (Lipinski definition) is 3. The lowest BCUT2D eigenvalue weighted by atomic mass is 10.1. The third-order valence-corrected chi connectivity index (χ3v) is 5.89. The molecule has 0 saturated heterocycles. The predicted octanol–water partition coefficient (Wildman–Crippen LogP) is 5.15. The van der Waals surface area contributed by atoms with E-state index in [1.807, 2.05) is 19.1 Å². The number of hydrazone groups is 1. The van der Waals surface area contributed by atoms with Gasteiger partial charge in [-0.05, 0) is 69.9 Å². The van der Waals surface area contributed by atoms with E-state index in [2.05, 4.69) is 37.1 Å². The van der Waals surface area contributed by atoms with Gasteiger partial charge in [-0.15, -0.1) is 0 Å². The molecule has 210 valence electrons. The fourth-order valence-corrected chi connectivity index (χ4v) is 3.98. The summed E-state index contributed by atoms with van der Waals surface area (Å²) in [7, 11) is 1.36. The van der Waals surface area contributed by atoms with Crippen molar-refractivity contribution >= 4 is 51.2 Å². The van der Waals surface area contributed by atoms with E-state index < -0.39 is 36.1 Å². The van der Waals surface area contributed by atoms with Crippen molar-refractivity contribution in [3.8, 4) is 11.5 Å². The molecule has 0 unspecified atom stereocenters. The summed E-state index contributed by atoms with van der Waals surface area (Å²) < 4.78 is 49.9. The molecule has 0 spiro atoms. The second-order valence-corrected chi connectivity index (χ2v) is 8.97. The number of rotatable bonds is 9. The second-order valence-electron chi connectivity index (χ2n) is 8.11. The van der Waals surface area contributed by atoms with E-state index in [1.165, 1.54) is 31.5 Å². The number of nitrogens with zero attached hydrogens (tertiary/aromatic N) is 1. The van der Waals surface area contributed by atoms with Crippen LogP contribution in [0, 0.1) is 0 Å². The van der Waals surface area contributed by atoms with Gasteiger partial charge in [-0.25, -0.2) is 5.43 Å². The first-order chi connectivity index (χ1) is 19.0. The van der Waals surface area contributed by atoms with Crippen LogP contribution in [0.4, 0.5) is 24.5 Å². The molecule has 0 aliphatic rings. The van der Waals surface area contributed by atoms with E-state index in [0.717, 1.165) is 17.7 Å². The Bertz CT molecular complexity index is 1430.